The molecule has 2 rings (SSSR count). The van der Waals surface area contributed by atoms with Crippen LogP contribution in [0.4, 0.5) is 11.4 Å². The summed E-state index contributed by atoms with van der Waals surface area (Å²) in [6, 6.07) is 7.02. The quantitative estimate of drug-likeness (QED) is 0.352. The zero-order valence-electron chi connectivity index (χ0n) is 16.9. The van der Waals surface area contributed by atoms with Crippen LogP contribution in [0, 0.1) is 22.0 Å². The normalized spacial score (nSPS) is 12.4. The van der Waals surface area contributed by atoms with Crippen LogP contribution in [-0.4, -0.2) is 37.0 Å². The van der Waals surface area contributed by atoms with Gasteiger partial charge in [-0.05, 0) is 30.0 Å². The van der Waals surface area contributed by atoms with Crippen LogP contribution in [0.2, 0.25) is 0 Å². The smallest absolute Gasteiger partial charge is 0.270 e. The maximum atomic E-state index is 13.4. The third-order valence-electron chi connectivity index (χ3n) is 3.85. The maximum Gasteiger partial charge on any atom is 0.270 e. The summed E-state index contributed by atoms with van der Waals surface area (Å²) in [5, 5.41) is 15.2. The Kier molecular flexibility index (Phi) is 7.52. The number of nitrogens with zero attached hydrogens (tertiary/aromatic N) is 3. The molecule has 0 fully saturated rings. The molecule has 0 aliphatic heterocycles. The lowest BCUT2D eigenvalue weighted by atomic mass is 10.2. The van der Waals surface area contributed by atoms with Crippen molar-refractivity contribution in [3.05, 3.63) is 52.5 Å². The van der Waals surface area contributed by atoms with E-state index in [0.29, 0.717) is 18.8 Å². The van der Waals surface area contributed by atoms with Crippen LogP contribution in [0.15, 0.2) is 51.0 Å². The number of anilines is 1. The summed E-state index contributed by atoms with van der Waals surface area (Å²) in [6.45, 7) is 8.29. The number of hydrazone groups is 1. The molecule has 158 valence electrons. The van der Waals surface area contributed by atoms with E-state index >= 15 is 0 Å². The lowest BCUT2D eigenvalue weighted by Gasteiger charge is -2.26. The number of nitro benzene ring substituents is 1. The second-order valence-corrected chi connectivity index (χ2v) is 9.34. The van der Waals surface area contributed by atoms with Gasteiger partial charge in [-0.3, -0.25) is 15.5 Å². The largest absolute Gasteiger partial charge is 0.463 e. The summed E-state index contributed by atoms with van der Waals surface area (Å²) in [7, 11) is -3.99. The van der Waals surface area contributed by atoms with Gasteiger partial charge in [-0.2, -0.15) is 9.41 Å². The molecular formula is C19H26N4O5S. The summed E-state index contributed by atoms with van der Waals surface area (Å²) in [5.74, 6) is 0.663. The third kappa shape index (κ3) is 6.13. The summed E-state index contributed by atoms with van der Waals surface area (Å²) < 4.78 is 33.3. The van der Waals surface area contributed by atoms with Gasteiger partial charge in [0.15, 0.2) is 0 Å². The number of hydrogen-bond acceptors (Lipinski definition) is 7. The second-order valence-electron chi connectivity index (χ2n) is 7.43. The molecule has 2 aromatic rings. The van der Waals surface area contributed by atoms with Crippen LogP contribution in [0.25, 0.3) is 0 Å². The van der Waals surface area contributed by atoms with Crippen LogP contribution < -0.4 is 5.43 Å². The number of nitrogens with one attached hydrogen (secondary N) is 1. The van der Waals surface area contributed by atoms with Crippen molar-refractivity contribution in [2.24, 2.45) is 16.9 Å². The first-order chi connectivity index (χ1) is 13.6. The Morgan fingerprint density at radius 3 is 2.38 bits per heavy atom. The molecule has 9 nitrogen and oxygen atoms in total. The van der Waals surface area contributed by atoms with E-state index in [1.807, 2.05) is 27.7 Å². The maximum absolute atomic E-state index is 13.4. The van der Waals surface area contributed by atoms with E-state index in [0.717, 1.165) is 6.07 Å². The van der Waals surface area contributed by atoms with E-state index in [2.05, 4.69) is 10.5 Å². The van der Waals surface area contributed by atoms with Gasteiger partial charge in [0, 0.05) is 25.2 Å². The Balaban J connectivity index is 2.47. The fourth-order valence-electron chi connectivity index (χ4n) is 2.68. The minimum Gasteiger partial charge on any atom is -0.463 e. The van der Waals surface area contributed by atoms with Crippen molar-refractivity contribution in [2.45, 2.75) is 32.6 Å². The van der Waals surface area contributed by atoms with E-state index in [9.17, 15) is 18.5 Å². The molecular weight excluding hydrogens is 396 g/mol. The van der Waals surface area contributed by atoms with Gasteiger partial charge >= 0.3 is 0 Å². The summed E-state index contributed by atoms with van der Waals surface area (Å²) in [6.07, 6.45) is 2.87. The molecule has 0 spiro atoms. The Hall–Kier alpha value is -2.72. The standard InChI is InChI=1S/C19H26N4O5S/c1-14(2)12-22(13-15(3)4)29(26,27)19-10-16(23(24)25)7-8-18(19)21-20-11-17-6-5-9-28-17/h5-11,14-15,21H,12-13H2,1-4H3/b20-11-. The van der Waals surface area contributed by atoms with Crippen molar-refractivity contribution in [1.29, 1.82) is 0 Å². The molecule has 0 atom stereocenters. The van der Waals surface area contributed by atoms with E-state index < -0.39 is 14.9 Å². The molecule has 1 aromatic heterocycles. The van der Waals surface area contributed by atoms with Gasteiger partial charge in [0.25, 0.3) is 5.69 Å². The van der Waals surface area contributed by atoms with Crippen LogP contribution in [0.3, 0.4) is 0 Å². The molecule has 0 radical (unpaired) electrons. The fourth-order valence-corrected chi connectivity index (χ4v) is 4.61. The molecule has 29 heavy (non-hydrogen) atoms. The van der Waals surface area contributed by atoms with E-state index in [4.69, 9.17) is 4.42 Å². The lowest BCUT2D eigenvalue weighted by Crippen LogP contribution is -2.37. The lowest BCUT2D eigenvalue weighted by molar-refractivity contribution is -0.385. The Morgan fingerprint density at radius 2 is 1.86 bits per heavy atom. The number of hydrogen-bond donors (Lipinski definition) is 1. The number of non-ortho nitro benzene ring substituents is 1. The molecule has 0 aliphatic rings. The predicted octanol–water partition coefficient (Wildman–Crippen LogP) is 3.94. The number of furan rings is 1. The number of benzene rings is 1. The molecule has 10 heteroatoms. The average Bonchev–Trinajstić information content (AvgIpc) is 3.13. The van der Waals surface area contributed by atoms with Gasteiger partial charge in [0.1, 0.15) is 10.7 Å². The Bertz CT molecular complexity index is 943. The van der Waals surface area contributed by atoms with Gasteiger partial charge in [-0.15, -0.1) is 0 Å². The van der Waals surface area contributed by atoms with Crippen molar-refractivity contribution >= 4 is 27.6 Å². The van der Waals surface area contributed by atoms with E-state index in [1.54, 1.807) is 12.1 Å². The number of nitro groups is 1. The molecule has 0 saturated carbocycles. The Labute approximate surface area is 170 Å². The van der Waals surface area contributed by atoms with Gasteiger partial charge in [-0.1, -0.05) is 27.7 Å². The highest BCUT2D eigenvalue weighted by atomic mass is 32.2. The first-order valence-electron chi connectivity index (χ1n) is 9.22. The average molecular weight is 423 g/mol. The van der Waals surface area contributed by atoms with Gasteiger partial charge in [-0.25, -0.2) is 8.42 Å². The van der Waals surface area contributed by atoms with Crippen molar-refractivity contribution in [3.63, 3.8) is 0 Å². The molecule has 0 amide bonds. The summed E-state index contributed by atoms with van der Waals surface area (Å²) >= 11 is 0. The van der Waals surface area contributed by atoms with Gasteiger partial charge in [0.05, 0.1) is 23.1 Å². The number of rotatable bonds is 10. The molecule has 0 unspecified atom stereocenters. The minimum atomic E-state index is -3.99. The predicted molar refractivity (Wildman–Crippen MR) is 111 cm³/mol. The highest BCUT2D eigenvalue weighted by molar-refractivity contribution is 7.89. The summed E-state index contributed by atoms with van der Waals surface area (Å²) in [5.41, 5.74) is 2.51. The summed E-state index contributed by atoms with van der Waals surface area (Å²) in [4.78, 5) is 10.4. The molecule has 1 aromatic carbocycles. The third-order valence-corrected chi connectivity index (χ3v) is 5.72. The topological polar surface area (TPSA) is 118 Å². The molecule has 1 N–H and O–H groups in total. The van der Waals surface area contributed by atoms with Crippen LogP contribution in [-0.2, 0) is 10.0 Å². The molecule has 0 bridgehead atoms. The number of sulfonamides is 1. The second kappa shape index (κ2) is 9.66. The first kappa shape index (κ1) is 22.6. The van der Waals surface area contributed by atoms with E-state index in [1.165, 1.54) is 28.9 Å². The fraction of sp³-hybridized carbons (Fsp3) is 0.421. The molecule has 0 aliphatic carbocycles. The van der Waals surface area contributed by atoms with Crippen LogP contribution >= 0.6 is 0 Å². The van der Waals surface area contributed by atoms with Crippen molar-refractivity contribution < 1.29 is 17.8 Å². The van der Waals surface area contributed by atoms with Gasteiger partial charge < -0.3 is 4.42 Å². The van der Waals surface area contributed by atoms with Gasteiger partial charge in [0.2, 0.25) is 10.0 Å². The van der Waals surface area contributed by atoms with Crippen LogP contribution in [0.5, 0.6) is 0 Å². The Morgan fingerprint density at radius 1 is 1.21 bits per heavy atom. The first-order valence-corrected chi connectivity index (χ1v) is 10.7. The highest BCUT2D eigenvalue weighted by Crippen LogP contribution is 2.30. The highest BCUT2D eigenvalue weighted by Gasteiger charge is 2.30. The van der Waals surface area contributed by atoms with E-state index in [-0.39, 0.29) is 28.1 Å². The zero-order valence-corrected chi connectivity index (χ0v) is 17.7. The molecule has 1 heterocycles. The van der Waals surface area contributed by atoms with Crippen molar-refractivity contribution in [2.75, 3.05) is 18.5 Å². The van der Waals surface area contributed by atoms with Crippen molar-refractivity contribution in [3.8, 4) is 0 Å². The van der Waals surface area contributed by atoms with Crippen molar-refractivity contribution in [1.82, 2.24) is 4.31 Å². The SMILES string of the molecule is CC(C)CN(CC(C)C)S(=O)(=O)c1cc([N+](=O)[O-])ccc1N/N=C\c1ccco1. The monoisotopic (exact) mass is 422 g/mol. The zero-order chi connectivity index (χ0) is 21.6. The minimum absolute atomic E-state index is 0.0932. The molecule has 0 saturated heterocycles. The van der Waals surface area contributed by atoms with Crippen LogP contribution in [0.1, 0.15) is 33.5 Å².